The number of carbonyl (C=O) groups is 1. The monoisotopic (exact) mass is 563 g/mol. The first kappa shape index (κ1) is 30.7. The van der Waals surface area contributed by atoms with Gasteiger partial charge in [0.1, 0.15) is 17.1 Å². The van der Waals surface area contributed by atoms with Gasteiger partial charge in [-0.15, -0.1) is 0 Å². The topological polar surface area (TPSA) is 74.9 Å². The molecular formula is C32H38ClN3O4. The van der Waals surface area contributed by atoms with Crippen LogP contribution >= 0.6 is 11.6 Å². The molecule has 0 spiro atoms. The van der Waals surface area contributed by atoms with E-state index in [0.717, 1.165) is 22.6 Å². The minimum atomic E-state index is -0.516. The molecule has 40 heavy (non-hydrogen) atoms. The van der Waals surface area contributed by atoms with Crippen LogP contribution in [0.5, 0.6) is 11.5 Å². The Morgan fingerprint density at radius 1 is 0.775 bits per heavy atom. The van der Waals surface area contributed by atoms with E-state index in [0.29, 0.717) is 10.9 Å². The van der Waals surface area contributed by atoms with Gasteiger partial charge < -0.3 is 24.3 Å². The van der Waals surface area contributed by atoms with Gasteiger partial charge >= 0.3 is 0 Å². The molecule has 4 aromatic rings. The van der Waals surface area contributed by atoms with Crippen molar-refractivity contribution in [2.24, 2.45) is 0 Å². The first-order chi connectivity index (χ1) is 19.3. The summed E-state index contributed by atoms with van der Waals surface area (Å²) in [5, 5.41) is 0.768. The summed E-state index contributed by atoms with van der Waals surface area (Å²) < 4.78 is 10.5. The van der Waals surface area contributed by atoms with Crippen LogP contribution in [0.3, 0.4) is 0 Å². The molecular weight excluding hydrogens is 526 g/mol. The number of nitrogens with one attached hydrogen (secondary N) is 1. The average Bonchev–Trinajstić information content (AvgIpc) is 2.98. The molecule has 0 saturated heterocycles. The van der Waals surface area contributed by atoms with Crippen molar-refractivity contribution in [3.63, 3.8) is 0 Å². The van der Waals surface area contributed by atoms with Gasteiger partial charge in [0.05, 0.1) is 19.2 Å². The average molecular weight is 564 g/mol. The summed E-state index contributed by atoms with van der Waals surface area (Å²) in [5.41, 5.74) is 1.79. The van der Waals surface area contributed by atoms with Gasteiger partial charge in [-0.25, -0.2) is 0 Å². The fraction of sp³-hybridized carbons (Fsp3) is 0.312. The standard InChI is InChI=1S/C26H23ClN2O4.C6H15N/c1-32-19-11-7-17(8-12-19)15-29(16-18-9-13-20(33-2)14-10-18)26(31)23-24(27)21-5-3-4-6-22(21)28-25(23)30;1-4-7(5-2)6-3/h3-14H,15-16H2,1-2H3,(H,28,30);4-6H2,1-3H3. The summed E-state index contributed by atoms with van der Waals surface area (Å²) in [6.07, 6.45) is 0. The Kier molecular flexibility index (Phi) is 11.6. The van der Waals surface area contributed by atoms with E-state index < -0.39 is 11.5 Å². The number of halogens is 1. The molecule has 1 heterocycles. The molecule has 8 heteroatoms. The van der Waals surface area contributed by atoms with E-state index in [2.05, 4.69) is 30.7 Å². The van der Waals surface area contributed by atoms with Crippen molar-refractivity contribution in [3.05, 3.63) is 105 Å². The lowest BCUT2D eigenvalue weighted by molar-refractivity contribution is 0.0728. The lowest BCUT2D eigenvalue weighted by atomic mass is 10.1. The van der Waals surface area contributed by atoms with E-state index >= 15 is 0 Å². The van der Waals surface area contributed by atoms with Crippen LogP contribution in [0.2, 0.25) is 5.02 Å². The zero-order valence-electron chi connectivity index (χ0n) is 23.9. The number of H-pyrrole nitrogens is 1. The van der Waals surface area contributed by atoms with Crippen LogP contribution < -0.4 is 15.0 Å². The van der Waals surface area contributed by atoms with Gasteiger partial charge in [-0.1, -0.05) is 74.8 Å². The highest BCUT2D eigenvalue weighted by molar-refractivity contribution is 6.38. The molecule has 0 aliphatic carbocycles. The first-order valence-electron chi connectivity index (χ1n) is 13.4. The number of pyridine rings is 1. The third kappa shape index (κ3) is 7.87. The molecule has 0 aliphatic heterocycles. The maximum atomic E-state index is 13.7. The Bertz CT molecular complexity index is 1380. The highest BCUT2D eigenvalue weighted by Crippen LogP contribution is 2.26. The maximum Gasteiger partial charge on any atom is 0.262 e. The molecule has 0 saturated carbocycles. The van der Waals surface area contributed by atoms with E-state index in [1.54, 1.807) is 37.3 Å². The molecule has 1 N–H and O–H groups in total. The number of carbonyl (C=O) groups excluding carboxylic acids is 1. The normalized spacial score (nSPS) is 10.7. The largest absolute Gasteiger partial charge is 0.497 e. The highest BCUT2D eigenvalue weighted by Gasteiger charge is 2.24. The van der Waals surface area contributed by atoms with Gasteiger partial charge in [-0.3, -0.25) is 9.59 Å². The number of rotatable bonds is 10. The molecule has 0 radical (unpaired) electrons. The number of benzene rings is 3. The number of hydrogen-bond donors (Lipinski definition) is 1. The second kappa shape index (κ2) is 15.1. The van der Waals surface area contributed by atoms with Crippen molar-refractivity contribution in [3.8, 4) is 11.5 Å². The first-order valence-corrected chi connectivity index (χ1v) is 13.8. The summed E-state index contributed by atoms with van der Waals surface area (Å²) in [6.45, 7) is 10.7. The summed E-state index contributed by atoms with van der Waals surface area (Å²) in [6, 6.07) is 22.0. The van der Waals surface area contributed by atoms with Crippen molar-refractivity contribution >= 4 is 28.4 Å². The molecule has 0 aliphatic rings. The summed E-state index contributed by atoms with van der Waals surface area (Å²) >= 11 is 6.57. The molecule has 1 aromatic heterocycles. The van der Waals surface area contributed by atoms with Crippen LogP contribution in [0.25, 0.3) is 10.9 Å². The maximum absolute atomic E-state index is 13.7. The Balaban J connectivity index is 0.000000559. The molecule has 0 fully saturated rings. The minimum absolute atomic E-state index is 0.0719. The zero-order valence-corrected chi connectivity index (χ0v) is 24.6. The van der Waals surface area contributed by atoms with Crippen molar-refractivity contribution in [1.82, 2.24) is 14.8 Å². The molecule has 0 bridgehead atoms. The van der Waals surface area contributed by atoms with Crippen molar-refractivity contribution in [2.45, 2.75) is 33.9 Å². The van der Waals surface area contributed by atoms with Crippen LogP contribution in [0.1, 0.15) is 42.3 Å². The minimum Gasteiger partial charge on any atom is -0.497 e. The third-order valence-electron chi connectivity index (χ3n) is 6.77. The quantitative estimate of drug-likeness (QED) is 0.242. The number of para-hydroxylation sites is 1. The second-order valence-corrected chi connectivity index (χ2v) is 9.54. The summed E-state index contributed by atoms with van der Waals surface area (Å²) in [7, 11) is 3.20. The van der Waals surface area contributed by atoms with E-state index in [4.69, 9.17) is 21.1 Å². The number of aromatic nitrogens is 1. The van der Waals surface area contributed by atoms with E-state index in [1.807, 2.05) is 54.6 Å². The van der Waals surface area contributed by atoms with Gasteiger partial charge in [-0.05, 0) is 61.1 Å². The number of amides is 1. The Morgan fingerprint density at radius 2 is 1.25 bits per heavy atom. The van der Waals surface area contributed by atoms with Crippen LogP contribution in [0.15, 0.2) is 77.6 Å². The van der Waals surface area contributed by atoms with E-state index in [-0.39, 0.29) is 23.7 Å². The molecule has 1 amide bonds. The van der Waals surface area contributed by atoms with Gasteiger partial charge in [-0.2, -0.15) is 0 Å². The van der Waals surface area contributed by atoms with Crippen LogP contribution in [-0.2, 0) is 13.1 Å². The van der Waals surface area contributed by atoms with E-state index in [1.165, 1.54) is 19.6 Å². The van der Waals surface area contributed by atoms with Crippen molar-refractivity contribution < 1.29 is 14.3 Å². The molecule has 212 valence electrons. The van der Waals surface area contributed by atoms with Gasteiger partial charge in [0, 0.05) is 24.0 Å². The fourth-order valence-corrected chi connectivity index (χ4v) is 4.66. The Hall–Kier alpha value is -3.81. The highest BCUT2D eigenvalue weighted by atomic mass is 35.5. The zero-order chi connectivity index (χ0) is 29.1. The van der Waals surface area contributed by atoms with Crippen LogP contribution in [0, 0.1) is 0 Å². The second-order valence-electron chi connectivity index (χ2n) is 9.17. The van der Waals surface area contributed by atoms with Crippen LogP contribution in [-0.4, -0.2) is 54.5 Å². The number of fused-ring (bicyclic) bond motifs is 1. The number of ether oxygens (including phenoxy) is 2. The number of hydrogen-bond acceptors (Lipinski definition) is 5. The van der Waals surface area contributed by atoms with Crippen LogP contribution in [0.4, 0.5) is 0 Å². The Morgan fingerprint density at radius 3 is 1.68 bits per heavy atom. The molecule has 3 aromatic carbocycles. The SMILES string of the molecule is CCN(CC)CC.COc1ccc(CN(Cc2ccc(OC)cc2)C(=O)c2c(Cl)c3ccccc3[nH]c2=O)cc1. The number of aromatic amines is 1. The van der Waals surface area contributed by atoms with E-state index in [9.17, 15) is 9.59 Å². The third-order valence-corrected chi connectivity index (χ3v) is 7.16. The lowest BCUT2D eigenvalue weighted by Gasteiger charge is -2.24. The summed E-state index contributed by atoms with van der Waals surface area (Å²) in [5.74, 6) is 1.00. The number of nitrogens with zero attached hydrogens (tertiary/aromatic N) is 2. The van der Waals surface area contributed by atoms with Gasteiger partial charge in [0.15, 0.2) is 0 Å². The molecule has 7 nitrogen and oxygen atoms in total. The predicted octanol–water partition coefficient (Wildman–Crippen LogP) is 6.39. The molecule has 4 rings (SSSR count). The summed E-state index contributed by atoms with van der Waals surface area (Å²) in [4.78, 5) is 33.3. The van der Waals surface area contributed by atoms with Crippen molar-refractivity contribution in [1.29, 1.82) is 0 Å². The predicted molar refractivity (Wildman–Crippen MR) is 163 cm³/mol. The molecule has 0 unspecified atom stereocenters. The fourth-order valence-electron chi connectivity index (χ4n) is 4.32. The van der Waals surface area contributed by atoms with Gasteiger partial charge in [0.25, 0.3) is 11.5 Å². The van der Waals surface area contributed by atoms with Crippen molar-refractivity contribution in [2.75, 3.05) is 33.9 Å². The van der Waals surface area contributed by atoms with Gasteiger partial charge in [0.2, 0.25) is 0 Å². The Labute approximate surface area is 241 Å². The number of methoxy groups -OCH3 is 2. The lowest BCUT2D eigenvalue weighted by Crippen LogP contribution is -2.34. The smallest absolute Gasteiger partial charge is 0.262 e. The molecule has 0 atom stereocenters.